The van der Waals surface area contributed by atoms with Gasteiger partial charge in [-0.15, -0.1) is 5.10 Å². The molecule has 0 spiro atoms. The number of rotatable bonds is 7. The number of ether oxygens (including phenoxy) is 1. The zero-order chi connectivity index (χ0) is 21.1. The Morgan fingerprint density at radius 3 is 2.87 bits per heavy atom. The van der Waals surface area contributed by atoms with E-state index in [1.54, 1.807) is 18.2 Å². The number of carbonyl (C=O) groups excluding carboxylic acids is 2. The molecule has 1 aliphatic rings. The van der Waals surface area contributed by atoms with Gasteiger partial charge in [-0.25, -0.2) is 4.68 Å². The van der Waals surface area contributed by atoms with Gasteiger partial charge < -0.3 is 10.1 Å². The molecule has 2 heterocycles. The first-order valence-electron chi connectivity index (χ1n) is 9.11. The highest BCUT2D eigenvalue weighted by Crippen LogP contribution is 2.31. The molecule has 0 radical (unpaired) electrons. The van der Waals surface area contributed by atoms with Gasteiger partial charge >= 0.3 is 0 Å². The quantitative estimate of drug-likeness (QED) is 0.539. The Labute approximate surface area is 182 Å². The molecule has 154 valence electrons. The molecular formula is C20H18ClN5O3S. The van der Waals surface area contributed by atoms with Gasteiger partial charge in [0.15, 0.2) is 0 Å². The number of aromatic nitrogens is 3. The number of fused-ring (bicyclic) bond motifs is 1. The summed E-state index contributed by atoms with van der Waals surface area (Å²) in [6.07, 6.45) is -0.0966. The van der Waals surface area contributed by atoms with Crippen molar-refractivity contribution in [2.45, 2.75) is 23.4 Å². The van der Waals surface area contributed by atoms with E-state index in [9.17, 15) is 9.59 Å². The number of nitrogens with zero attached hydrogens (tertiary/aromatic N) is 3. The van der Waals surface area contributed by atoms with Crippen molar-refractivity contribution in [2.24, 2.45) is 0 Å². The Hall–Kier alpha value is -3.04. The fourth-order valence-corrected chi connectivity index (χ4v) is 3.98. The van der Waals surface area contributed by atoms with E-state index in [4.69, 9.17) is 16.3 Å². The molecule has 30 heavy (non-hydrogen) atoms. The smallest absolute Gasteiger partial charge is 0.252 e. The van der Waals surface area contributed by atoms with Crippen LogP contribution in [0.15, 0.2) is 53.7 Å². The molecule has 0 aliphatic carbocycles. The molecule has 4 rings (SSSR count). The van der Waals surface area contributed by atoms with Gasteiger partial charge in [0.05, 0.1) is 19.2 Å². The van der Waals surface area contributed by atoms with E-state index in [1.165, 1.54) is 23.6 Å². The number of hydrogen-bond acceptors (Lipinski definition) is 6. The monoisotopic (exact) mass is 443 g/mol. The summed E-state index contributed by atoms with van der Waals surface area (Å²) in [6.45, 7) is 0. The van der Waals surface area contributed by atoms with Crippen molar-refractivity contribution in [3.63, 3.8) is 0 Å². The van der Waals surface area contributed by atoms with E-state index >= 15 is 0 Å². The summed E-state index contributed by atoms with van der Waals surface area (Å²) < 4.78 is 6.70. The number of benzene rings is 2. The first kappa shape index (κ1) is 20.2. The molecule has 1 aromatic heterocycles. The number of hydrogen-bond donors (Lipinski definition) is 2. The fourth-order valence-electron chi connectivity index (χ4n) is 3.03. The molecule has 1 atom stereocenters. The number of nitrogens with one attached hydrogen (secondary N) is 2. The average Bonchev–Trinajstić information content (AvgIpc) is 3.25. The van der Waals surface area contributed by atoms with E-state index in [0.29, 0.717) is 33.3 Å². The van der Waals surface area contributed by atoms with Crippen LogP contribution in [0.1, 0.15) is 18.0 Å². The molecule has 2 N–H and O–H groups in total. The summed E-state index contributed by atoms with van der Waals surface area (Å²) >= 11 is 7.46. The van der Waals surface area contributed by atoms with Gasteiger partial charge in [0.25, 0.3) is 5.91 Å². The molecule has 0 saturated heterocycles. The third kappa shape index (κ3) is 4.42. The minimum Gasteiger partial charge on any atom is -0.495 e. The molecule has 0 unspecified atom stereocenters. The number of methoxy groups -OCH3 is 1. The predicted octanol–water partition coefficient (Wildman–Crippen LogP) is 3.75. The van der Waals surface area contributed by atoms with Crippen molar-refractivity contribution < 1.29 is 14.3 Å². The molecule has 2 amide bonds. The van der Waals surface area contributed by atoms with Crippen LogP contribution in [0.25, 0.3) is 0 Å². The van der Waals surface area contributed by atoms with Crippen LogP contribution in [0.4, 0.5) is 11.6 Å². The molecule has 0 saturated carbocycles. The number of halogens is 1. The van der Waals surface area contributed by atoms with Crippen molar-refractivity contribution in [1.82, 2.24) is 14.8 Å². The number of amides is 2. The lowest BCUT2D eigenvalue weighted by molar-refractivity contribution is -0.123. The summed E-state index contributed by atoms with van der Waals surface area (Å²) in [5.74, 6) is 0.839. The summed E-state index contributed by atoms with van der Waals surface area (Å²) in [4.78, 5) is 29.2. The Morgan fingerprint density at radius 1 is 1.30 bits per heavy atom. The van der Waals surface area contributed by atoms with Gasteiger partial charge in [-0.05, 0) is 23.8 Å². The van der Waals surface area contributed by atoms with Crippen molar-refractivity contribution in [1.29, 1.82) is 0 Å². The highest BCUT2D eigenvalue weighted by atomic mass is 35.5. The zero-order valence-electron chi connectivity index (χ0n) is 16.0. The van der Waals surface area contributed by atoms with E-state index in [2.05, 4.69) is 20.7 Å². The third-order valence-electron chi connectivity index (χ3n) is 4.47. The van der Waals surface area contributed by atoms with Gasteiger partial charge in [-0.2, -0.15) is 4.98 Å². The van der Waals surface area contributed by atoms with Crippen molar-refractivity contribution in [3.8, 4) is 5.75 Å². The van der Waals surface area contributed by atoms with E-state index in [-0.39, 0.29) is 18.2 Å². The van der Waals surface area contributed by atoms with Crippen LogP contribution in [-0.2, 0) is 15.3 Å². The molecule has 1 aliphatic heterocycles. The van der Waals surface area contributed by atoms with E-state index in [0.717, 1.165) is 5.56 Å². The number of carbonyl (C=O) groups is 2. The van der Waals surface area contributed by atoms with Crippen molar-refractivity contribution in [3.05, 3.63) is 59.1 Å². The second-order valence-electron chi connectivity index (χ2n) is 6.54. The van der Waals surface area contributed by atoms with Crippen molar-refractivity contribution in [2.75, 3.05) is 17.7 Å². The van der Waals surface area contributed by atoms with Gasteiger partial charge in [0.2, 0.25) is 17.0 Å². The predicted molar refractivity (Wildman–Crippen MR) is 115 cm³/mol. The largest absolute Gasteiger partial charge is 0.495 e. The van der Waals surface area contributed by atoms with E-state index < -0.39 is 6.04 Å². The first-order valence-corrected chi connectivity index (χ1v) is 10.5. The number of thioether (sulfide) groups is 1. The average molecular weight is 444 g/mol. The van der Waals surface area contributed by atoms with Crippen LogP contribution < -0.4 is 15.4 Å². The summed E-state index contributed by atoms with van der Waals surface area (Å²) in [5, 5.41) is 10.8. The summed E-state index contributed by atoms with van der Waals surface area (Å²) in [5.41, 5.74) is 1.58. The molecule has 0 bridgehead atoms. The molecule has 2 aromatic carbocycles. The van der Waals surface area contributed by atoms with Crippen LogP contribution >= 0.6 is 23.4 Å². The minimum absolute atomic E-state index is 0.0966. The molecule has 0 fully saturated rings. The molecular weight excluding hydrogens is 426 g/mol. The minimum atomic E-state index is -0.774. The van der Waals surface area contributed by atoms with Gasteiger partial charge in [-0.3, -0.25) is 14.9 Å². The van der Waals surface area contributed by atoms with Crippen molar-refractivity contribution >= 4 is 46.8 Å². The zero-order valence-corrected chi connectivity index (χ0v) is 17.5. The van der Waals surface area contributed by atoms with Gasteiger partial charge in [-0.1, -0.05) is 53.7 Å². The lowest BCUT2D eigenvalue weighted by Crippen LogP contribution is -2.24. The SMILES string of the molecule is COc1ccc(Cl)cc1NC(=O)C[C@@H]1C(=O)Nc2nc(SCc3ccccc3)nn21. The standard InChI is InChI=1S/C20H18ClN5O3S/c1-29-16-8-7-13(21)9-14(16)22-17(27)10-15-18(28)23-19-24-20(25-26(15)19)30-11-12-5-3-2-4-6-12/h2-9,15H,10-11H2,1H3,(H,22,27)(H,23,24,25,28)/t15-/m1/s1. The maximum atomic E-state index is 12.6. The summed E-state index contributed by atoms with van der Waals surface area (Å²) in [6, 6.07) is 14.1. The second kappa shape index (κ2) is 8.76. The van der Waals surface area contributed by atoms with Crippen LogP contribution in [0.5, 0.6) is 5.75 Å². The lowest BCUT2D eigenvalue weighted by atomic mass is 10.2. The van der Waals surface area contributed by atoms with Crippen LogP contribution in [0.3, 0.4) is 0 Å². The summed E-state index contributed by atoms with van der Waals surface area (Å²) in [7, 11) is 1.50. The highest BCUT2D eigenvalue weighted by molar-refractivity contribution is 7.98. The van der Waals surface area contributed by atoms with Crippen LogP contribution in [0.2, 0.25) is 5.02 Å². The second-order valence-corrected chi connectivity index (χ2v) is 7.92. The maximum absolute atomic E-state index is 12.6. The molecule has 3 aromatic rings. The maximum Gasteiger partial charge on any atom is 0.252 e. The Balaban J connectivity index is 1.43. The van der Waals surface area contributed by atoms with Crippen LogP contribution in [-0.4, -0.2) is 33.7 Å². The highest BCUT2D eigenvalue weighted by Gasteiger charge is 2.35. The fraction of sp³-hybridized carbons (Fsp3) is 0.200. The van der Waals surface area contributed by atoms with Gasteiger partial charge in [0, 0.05) is 10.8 Å². The Bertz CT molecular complexity index is 1090. The lowest BCUT2D eigenvalue weighted by Gasteiger charge is -2.12. The molecule has 10 heteroatoms. The van der Waals surface area contributed by atoms with E-state index in [1.807, 2.05) is 30.3 Å². The topological polar surface area (TPSA) is 98.1 Å². The number of anilines is 2. The first-order chi connectivity index (χ1) is 14.5. The van der Waals surface area contributed by atoms with Gasteiger partial charge in [0.1, 0.15) is 11.8 Å². The normalized spacial score (nSPS) is 14.9. The Kier molecular flexibility index (Phi) is 5.91. The Morgan fingerprint density at radius 2 is 2.10 bits per heavy atom. The third-order valence-corrected chi connectivity index (χ3v) is 5.61. The molecule has 8 nitrogen and oxygen atoms in total. The van der Waals surface area contributed by atoms with Crippen LogP contribution in [0, 0.1) is 0 Å².